The van der Waals surface area contributed by atoms with Crippen LogP contribution < -0.4 is 9.96 Å². The smallest absolute Gasteiger partial charge is 0.259 e. The number of hydroxylamine groups is 1. The molecule has 6 heteroatoms. The predicted molar refractivity (Wildman–Crippen MR) is 85.7 cm³/mol. The third kappa shape index (κ3) is 2.51. The van der Waals surface area contributed by atoms with Crippen LogP contribution in [0.15, 0.2) is 59.1 Å². The molecule has 5 nitrogen and oxygen atoms in total. The van der Waals surface area contributed by atoms with Gasteiger partial charge < -0.3 is 0 Å². The van der Waals surface area contributed by atoms with Crippen LogP contribution >= 0.6 is 15.9 Å². The molecule has 0 bridgehead atoms. The van der Waals surface area contributed by atoms with Gasteiger partial charge in [-0.1, -0.05) is 30.3 Å². The van der Waals surface area contributed by atoms with Gasteiger partial charge in [-0.3, -0.25) is 14.8 Å². The summed E-state index contributed by atoms with van der Waals surface area (Å²) in [5.74, 6) is -0.778. The van der Waals surface area contributed by atoms with Crippen LogP contribution in [0.2, 0.25) is 0 Å². The highest BCUT2D eigenvalue weighted by atomic mass is 79.9. The molecular formula is C16H13BrN2O3. The topological polar surface area (TPSA) is 60.9 Å². The molecular weight excluding hydrogens is 348 g/mol. The Bertz CT molecular complexity index is 720. The summed E-state index contributed by atoms with van der Waals surface area (Å²) < 4.78 is 0.654. The second-order valence-electron chi connectivity index (χ2n) is 4.92. The first-order chi connectivity index (χ1) is 10.6. The molecule has 1 heterocycles. The monoisotopic (exact) mass is 360 g/mol. The van der Waals surface area contributed by atoms with Gasteiger partial charge in [0.05, 0.1) is 17.8 Å². The Kier molecular flexibility index (Phi) is 3.96. The molecule has 1 aliphatic rings. The van der Waals surface area contributed by atoms with E-state index in [-0.39, 0.29) is 12.3 Å². The van der Waals surface area contributed by atoms with Crippen molar-refractivity contribution in [2.45, 2.75) is 12.5 Å². The fraction of sp³-hybridized carbons (Fsp3) is 0.125. The van der Waals surface area contributed by atoms with Gasteiger partial charge in [-0.05, 0) is 40.2 Å². The summed E-state index contributed by atoms with van der Waals surface area (Å²) in [4.78, 5) is 25.9. The van der Waals surface area contributed by atoms with Crippen LogP contribution in [0.3, 0.4) is 0 Å². The van der Waals surface area contributed by atoms with Gasteiger partial charge >= 0.3 is 0 Å². The van der Waals surface area contributed by atoms with E-state index in [2.05, 4.69) is 15.9 Å². The number of carbonyl (C=O) groups excluding carboxylic acids is 2. The number of rotatable bonds is 3. The van der Waals surface area contributed by atoms with E-state index in [1.807, 2.05) is 6.07 Å². The lowest BCUT2D eigenvalue weighted by molar-refractivity contribution is -0.121. The zero-order valence-corrected chi connectivity index (χ0v) is 13.1. The predicted octanol–water partition coefficient (Wildman–Crippen LogP) is 2.98. The van der Waals surface area contributed by atoms with Gasteiger partial charge in [-0.15, -0.1) is 0 Å². The Balaban J connectivity index is 1.91. The van der Waals surface area contributed by atoms with Gasteiger partial charge in [0.2, 0.25) is 5.91 Å². The molecule has 2 aromatic carbocycles. The van der Waals surface area contributed by atoms with E-state index in [0.717, 1.165) is 9.96 Å². The van der Waals surface area contributed by atoms with Crippen molar-refractivity contribution < 1.29 is 14.8 Å². The minimum atomic E-state index is -0.915. The molecule has 0 radical (unpaired) electrons. The van der Waals surface area contributed by atoms with Gasteiger partial charge in [0.1, 0.15) is 6.04 Å². The van der Waals surface area contributed by atoms with Crippen LogP contribution in [0.4, 0.5) is 11.4 Å². The summed E-state index contributed by atoms with van der Waals surface area (Å²) in [5.41, 5.74) is 0.962. The number of benzene rings is 2. The molecule has 0 aliphatic carbocycles. The lowest BCUT2D eigenvalue weighted by Gasteiger charge is -2.23. The highest BCUT2D eigenvalue weighted by Crippen LogP contribution is 2.32. The fourth-order valence-corrected chi connectivity index (χ4v) is 2.92. The second kappa shape index (κ2) is 5.90. The molecule has 1 saturated heterocycles. The maximum absolute atomic E-state index is 12.6. The number of carbonyl (C=O) groups is 2. The zero-order chi connectivity index (χ0) is 15.7. The molecule has 2 aromatic rings. The fourth-order valence-electron chi connectivity index (χ4n) is 2.45. The van der Waals surface area contributed by atoms with Gasteiger partial charge in [-0.25, -0.2) is 9.96 Å². The number of hydrogen-bond donors (Lipinski definition) is 1. The Labute approximate surface area is 135 Å². The van der Waals surface area contributed by atoms with Gasteiger partial charge in [-0.2, -0.15) is 0 Å². The van der Waals surface area contributed by atoms with Crippen molar-refractivity contribution in [3.05, 3.63) is 59.1 Å². The minimum Gasteiger partial charge on any atom is -0.288 e. The highest BCUT2D eigenvalue weighted by Gasteiger charge is 2.43. The van der Waals surface area contributed by atoms with E-state index in [4.69, 9.17) is 0 Å². The van der Waals surface area contributed by atoms with Crippen LogP contribution in [0.5, 0.6) is 0 Å². The number of para-hydroxylation sites is 2. The quantitative estimate of drug-likeness (QED) is 0.675. The van der Waals surface area contributed by atoms with Gasteiger partial charge in [0.25, 0.3) is 5.91 Å². The lowest BCUT2D eigenvalue weighted by Crippen LogP contribution is -2.40. The minimum absolute atomic E-state index is 0.0639. The molecule has 3 rings (SSSR count). The molecule has 1 fully saturated rings. The molecule has 1 N–H and O–H groups in total. The first-order valence-electron chi connectivity index (χ1n) is 6.74. The summed E-state index contributed by atoms with van der Waals surface area (Å²) in [6, 6.07) is 14.8. The molecule has 112 valence electrons. The van der Waals surface area contributed by atoms with E-state index < -0.39 is 11.9 Å². The second-order valence-corrected chi connectivity index (χ2v) is 5.77. The van der Waals surface area contributed by atoms with Crippen LogP contribution in [-0.2, 0) is 9.59 Å². The SMILES string of the molecule is O=C1C[C@H](N(O)c2ccccc2)C(=O)N1c1ccccc1Br. The molecule has 0 unspecified atom stereocenters. The molecule has 0 saturated carbocycles. The van der Waals surface area contributed by atoms with Crippen molar-refractivity contribution in [2.24, 2.45) is 0 Å². The summed E-state index contributed by atoms with van der Waals surface area (Å²) >= 11 is 3.34. The number of nitrogens with zero attached hydrogens (tertiary/aromatic N) is 2. The van der Waals surface area contributed by atoms with Crippen molar-refractivity contribution in [2.75, 3.05) is 9.96 Å². The van der Waals surface area contributed by atoms with E-state index in [9.17, 15) is 14.8 Å². The van der Waals surface area contributed by atoms with E-state index in [1.165, 1.54) is 0 Å². The van der Waals surface area contributed by atoms with Crippen molar-refractivity contribution in [3.63, 3.8) is 0 Å². The Hall–Kier alpha value is -2.18. The van der Waals surface area contributed by atoms with E-state index >= 15 is 0 Å². The van der Waals surface area contributed by atoms with Crippen LogP contribution in [0, 0.1) is 0 Å². The maximum Gasteiger partial charge on any atom is 0.259 e. The normalized spacial score (nSPS) is 17.9. The zero-order valence-electron chi connectivity index (χ0n) is 11.5. The molecule has 0 spiro atoms. The van der Waals surface area contributed by atoms with E-state index in [1.54, 1.807) is 48.5 Å². The van der Waals surface area contributed by atoms with Crippen molar-refractivity contribution in [1.82, 2.24) is 0 Å². The Morgan fingerprint density at radius 2 is 1.68 bits per heavy atom. The molecule has 1 aliphatic heterocycles. The van der Waals surface area contributed by atoms with Gasteiger partial charge in [0, 0.05) is 4.47 Å². The number of imide groups is 1. The largest absolute Gasteiger partial charge is 0.288 e. The average molecular weight is 361 g/mol. The molecule has 2 amide bonds. The molecule has 0 aromatic heterocycles. The van der Waals surface area contributed by atoms with Gasteiger partial charge in [0.15, 0.2) is 0 Å². The number of halogens is 1. The maximum atomic E-state index is 12.6. The third-order valence-corrected chi connectivity index (χ3v) is 4.20. The Morgan fingerprint density at radius 1 is 1.05 bits per heavy atom. The standard InChI is InChI=1S/C16H13BrN2O3/c17-12-8-4-5-9-13(12)18-15(20)10-14(16(18)21)19(22)11-6-2-1-3-7-11/h1-9,14,22H,10H2/t14-/m0/s1. The first-order valence-corrected chi connectivity index (χ1v) is 7.53. The van der Waals surface area contributed by atoms with Crippen molar-refractivity contribution in [3.8, 4) is 0 Å². The van der Waals surface area contributed by atoms with Crippen molar-refractivity contribution >= 4 is 39.1 Å². The lowest BCUT2D eigenvalue weighted by atomic mass is 10.2. The first kappa shape index (κ1) is 14.7. The summed E-state index contributed by atoms with van der Waals surface area (Å²) in [7, 11) is 0. The Morgan fingerprint density at radius 3 is 2.36 bits per heavy atom. The summed E-state index contributed by atoms with van der Waals surface area (Å²) in [6.45, 7) is 0. The van der Waals surface area contributed by atoms with Crippen LogP contribution in [-0.4, -0.2) is 23.1 Å². The van der Waals surface area contributed by atoms with Crippen LogP contribution in [0.1, 0.15) is 6.42 Å². The number of amides is 2. The van der Waals surface area contributed by atoms with Crippen LogP contribution in [0.25, 0.3) is 0 Å². The van der Waals surface area contributed by atoms with Crippen molar-refractivity contribution in [1.29, 1.82) is 0 Å². The summed E-state index contributed by atoms with van der Waals surface area (Å²) in [5, 5.41) is 11.1. The average Bonchev–Trinajstić information content (AvgIpc) is 2.83. The van der Waals surface area contributed by atoms with E-state index in [0.29, 0.717) is 15.8 Å². The molecule has 1 atom stereocenters. The number of hydrogen-bond acceptors (Lipinski definition) is 4. The molecule has 22 heavy (non-hydrogen) atoms. The third-order valence-electron chi connectivity index (χ3n) is 3.53. The summed E-state index contributed by atoms with van der Waals surface area (Å²) in [6.07, 6.45) is -0.0639. The highest BCUT2D eigenvalue weighted by molar-refractivity contribution is 9.10. The number of anilines is 2.